The standard InChI is InChI=1S/C36H28N4O10/c41-33-25-5-1-3-7-27(25)49-35(43)29(33)31(21-9-13-23(14-10-21)39(45)46)37-17-19-38(20-18-37)32(22-11-15-24(16-12-22)40(47)48)30-34(42)26-6-2-4-8-28(26)50-36(30)44/h1-16,31-32,41-42H,17-20H2. The Balaban J connectivity index is 1.30. The van der Waals surface area contributed by atoms with E-state index in [0.717, 1.165) is 0 Å². The molecule has 1 aliphatic rings. The summed E-state index contributed by atoms with van der Waals surface area (Å²) in [5.74, 6) is -0.546. The van der Waals surface area contributed by atoms with Crippen molar-refractivity contribution in [3.8, 4) is 11.5 Å². The number of hydrogen-bond acceptors (Lipinski definition) is 12. The maximum absolute atomic E-state index is 13.5. The number of nitrogens with zero attached hydrogens (tertiary/aromatic N) is 4. The van der Waals surface area contributed by atoms with Crippen LogP contribution < -0.4 is 11.3 Å². The van der Waals surface area contributed by atoms with Crippen LogP contribution in [0.4, 0.5) is 11.4 Å². The number of aromatic hydroxyl groups is 2. The average Bonchev–Trinajstić information content (AvgIpc) is 3.12. The molecular weight excluding hydrogens is 648 g/mol. The summed E-state index contributed by atoms with van der Waals surface area (Å²) < 4.78 is 11.2. The molecule has 14 heteroatoms. The van der Waals surface area contributed by atoms with Crippen LogP contribution in [0, 0.1) is 20.2 Å². The minimum atomic E-state index is -0.879. The molecule has 50 heavy (non-hydrogen) atoms. The lowest BCUT2D eigenvalue weighted by atomic mass is 9.93. The minimum absolute atomic E-state index is 0.0364. The van der Waals surface area contributed by atoms with Gasteiger partial charge in [0.1, 0.15) is 33.8 Å². The van der Waals surface area contributed by atoms with Gasteiger partial charge < -0.3 is 19.0 Å². The number of hydrogen-bond donors (Lipinski definition) is 2. The highest BCUT2D eigenvalue weighted by atomic mass is 16.6. The van der Waals surface area contributed by atoms with Gasteiger partial charge >= 0.3 is 11.3 Å². The van der Waals surface area contributed by atoms with E-state index in [1.165, 1.54) is 48.5 Å². The van der Waals surface area contributed by atoms with Crippen molar-refractivity contribution >= 4 is 33.3 Å². The fraction of sp³-hybridized carbons (Fsp3) is 0.167. The lowest BCUT2D eigenvalue weighted by molar-refractivity contribution is -0.385. The van der Waals surface area contributed by atoms with Gasteiger partial charge in [0.15, 0.2) is 0 Å². The second kappa shape index (κ2) is 12.9. The first-order chi connectivity index (χ1) is 24.1. The molecule has 0 bridgehead atoms. The third-order valence-electron chi connectivity index (χ3n) is 9.11. The normalized spacial score (nSPS) is 15.2. The SMILES string of the molecule is O=c1oc2ccccc2c(O)c1C(c1ccc([N+](=O)[O-])cc1)N1CCN(C(c2ccc([N+](=O)[O-])cc2)c2c(O)c3ccccc3oc2=O)CC1. The summed E-state index contributed by atoms with van der Waals surface area (Å²) in [5, 5.41) is 46.4. The van der Waals surface area contributed by atoms with Crippen LogP contribution in [-0.2, 0) is 0 Å². The van der Waals surface area contributed by atoms with Crippen molar-refractivity contribution in [2.24, 2.45) is 0 Å². The lowest BCUT2D eigenvalue weighted by Crippen LogP contribution is -2.50. The molecule has 7 rings (SSSR count). The number of piperazine rings is 1. The monoisotopic (exact) mass is 676 g/mol. The van der Waals surface area contributed by atoms with Gasteiger partial charge in [-0.25, -0.2) is 9.59 Å². The predicted octanol–water partition coefficient (Wildman–Crippen LogP) is 5.62. The zero-order valence-corrected chi connectivity index (χ0v) is 26.2. The average molecular weight is 677 g/mol. The molecular formula is C36H28N4O10. The number of benzene rings is 4. The van der Waals surface area contributed by atoms with E-state index in [1.54, 1.807) is 48.5 Å². The highest BCUT2D eigenvalue weighted by Crippen LogP contribution is 2.40. The molecule has 1 saturated heterocycles. The molecule has 1 fully saturated rings. The molecule has 3 heterocycles. The van der Waals surface area contributed by atoms with Crippen LogP contribution in [0.25, 0.3) is 21.9 Å². The van der Waals surface area contributed by atoms with Gasteiger partial charge in [-0.2, -0.15) is 0 Å². The largest absolute Gasteiger partial charge is 0.507 e. The highest BCUT2D eigenvalue weighted by Gasteiger charge is 2.37. The van der Waals surface area contributed by atoms with Crippen LogP contribution in [0.1, 0.15) is 34.3 Å². The number of fused-ring (bicyclic) bond motifs is 2. The van der Waals surface area contributed by atoms with E-state index in [-0.39, 0.29) is 71.3 Å². The Bertz CT molecular complexity index is 2210. The molecule has 14 nitrogen and oxygen atoms in total. The van der Waals surface area contributed by atoms with E-state index >= 15 is 0 Å². The fourth-order valence-corrected chi connectivity index (χ4v) is 6.71. The number of rotatable bonds is 8. The Labute approximate surface area is 281 Å². The Hall–Kier alpha value is -6.38. The van der Waals surface area contributed by atoms with Crippen molar-refractivity contribution in [3.63, 3.8) is 0 Å². The predicted molar refractivity (Wildman–Crippen MR) is 181 cm³/mol. The summed E-state index contributed by atoms with van der Waals surface area (Å²) in [5.41, 5.74) is -0.500. The molecule has 2 unspecified atom stereocenters. The summed E-state index contributed by atoms with van der Waals surface area (Å²) in [4.78, 5) is 52.6. The summed E-state index contributed by atoms with van der Waals surface area (Å²) in [6, 6.07) is 22.8. The van der Waals surface area contributed by atoms with Gasteiger partial charge in [0, 0.05) is 50.4 Å². The number of para-hydroxylation sites is 2. The maximum atomic E-state index is 13.5. The molecule has 0 saturated carbocycles. The van der Waals surface area contributed by atoms with Gasteiger partial charge in [-0.1, -0.05) is 48.5 Å². The second-order valence-corrected chi connectivity index (χ2v) is 11.9. The van der Waals surface area contributed by atoms with Gasteiger partial charge in [0.2, 0.25) is 0 Å². The molecule has 0 amide bonds. The summed E-state index contributed by atoms with van der Waals surface area (Å²) in [6.45, 7) is 1.04. The second-order valence-electron chi connectivity index (χ2n) is 11.9. The van der Waals surface area contributed by atoms with Gasteiger partial charge in [-0.3, -0.25) is 30.0 Å². The molecule has 6 aromatic rings. The van der Waals surface area contributed by atoms with Crippen molar-refractivity contribution in [3.05, 3.63) is 160 Å². The van der Waals surface area contributed by atoms with E-state index in [4.69, 9.17) is 8.83 Å². The van der Waals surface area contributed by atoms with Crippen molar-refractivity contribution in [1.29, 1.82) is 0 Å². The highest BCUT2D eigenvalue weighted by molar-refractivity contribution is 5.85. The molecule has 2 aromatic heterocycles. The van der Waals surface area contributed by atoms with Crippen molar-refractivity contribution in [1.82, 2.24) is 9.80 Å². The molecule has 252 valence electrons. The van der Waals surface area contributed by atoms with Crippen LogP contribution in [0.15, 0.2) is 115 Å². The van der Waals surface area contributed by atoms with E-state index in [0.29, 0.717) is 21.9 Å². The minimum Gasteiger partial charge on any atom is -0.507 e. The zero-order chi connectivity index (χ0) is 35.1. The smallest absolute Gasteiger partial charge is 0.345 e. The van der Waals surface area contributed by atoms with Crippen LogP contribution >= 0.6 is 0 Å². The van der Waals surface area contributed by atoms with Gasteiger partial charge in [-0.15, -0.1) is 0 Å². The number of non-ortho nitro benzene ring substituents is 2. The fourth-order valence-electron chi connectivity index (χ4n) is 6.71. The van der Waals surface area contributed by atoms with Gasteiger partial charge in [-0.05, 0) is 35.4 Å². The molecule has 2 atom stereocenters. The molecule has 1 aliphatic heterocycles. The third-order valence-corrected chi connectivity index (χ3v) is 9.11. The number of nitro groups is 2. The lowest BCUT2D eigenvalue weighted by Gasteiger charge is -2.42. The van der Waals surface area contributed by atoms with Crippen LogP contribution in [0.5, 0.6) is 11.5 Å². The molecule has 0 radical (unpaired) electrons. The van der Waals surface area contributed by atoms with Gasteiger partial charge in [0.25, 0.3) is 11.4 Å². The van der Waals surface area contributed by atoms with E-state index in [1.807, 2.05) is 9.80 Å². The van der Waals surface area contributed by atoms with Crippen LogP contribution in [0.3, 0.4) is 0 Å². The third kappa shape index (κ3) is 5.71. The Morgan fingerprint density at radius 1 is 0.560 bits per heavy atom. The van der Waals surface area contributed by atoms with E-state index < -0.39 is 33.2 Å². The van der Waals surface area contributed by atoms with E-state index in [9.17, 15) is 40.0 Å². The van der Waals surface area contributed by atoms with Crippen molar-refractivity contribution in [2.45, 2.75) is 12.1 Å². The Kier molecular flexibility index (Phi) is 8.31. The topological polar surface area (TPSA) is 194 Å². The molecule has 0 aliphatic carbocycles. The molecule has 2 N–H and O–H groups in total. The molecule has 0 spiro atoms. The molecule has 4 aromatic carbocycles. The van der Waals surface area contributed by atoms with Gasteiger partial charge in [0.05, 0.1) is 32.7 Å². The Morgan fingerprint density at radius 3 is 1.24 bits per heavy atom. The maximum Gasteiger partial charge on any atom is 0.345 e. The summed E-state index contributed by atoms with van der Waals surface area (Å²) in [7, 11) is 0. The number of nitro benzene ring substituents is 2. The van der Waals surface area contributed by atoms with Crippen LogP contribution in [0.2, 0.25) is 0 Å². The Morgan fingerprint density at radius 2 is 0.900 bits per heavy atom. The first-order valence-corrected chi connectivity index (χ1v) is 15.6. The summed E-state index contributed by atoms with van der Waals surface area (Å²) >= 11 is 0. The van der Waals surface area contributed by atoms with Crippen molar-refractivity contribution in [2.75, 3.05) is 26.2 Å². The first kappa shape index (κ1) is 32.2. The van der Waals surface area contributed by atoms with Crippen molar-refractivity contribution < 1.29 is 28.9 Å². The first-order valence-electron chi connectivity index (χ1n) is 15.6. The van der Waals surface area contributed by atoms with Crippen LogP contribution in [-0.4, -0.2) is 56.0 Å². The zero-order valence-electron chi connectivity index (χ0n) is 26.2. The summed E-state index contributed by atoms with van der Waals surface area (Å²) in [6.07, 6.45) is 0. The van der Waals surface area contributed by atoms with E-state index in [2.05, 4.69) is 0 Å². The quantitative estimate of drug-likeness (QED) is 0.115.